The van der Waals surface area contributed by atoms with Gasteiger partial charge in [0.25, 0.3) is 0 Å². The van der Waals surface area contributed by atoms with Crippen LogP contribution in [0.15, 0.2) is 23.3 Å². The topological polar surface area (TPSA) is 0 Å². The van der Waals surface area contributed by atoms with Crippen LogP contribution in [-0.4, -0.2) is 15.7 Å². The first-order valence-corrected chi connectivity index (χ1v) is 4.24. The van der Waals surface area contributed by atoms with E-state index in [2.05, 4.69) is 27.8 Å². The maximum absolute atomic E-state index is 2.29. The lowest BCUT2D eigenvalue weighted by Crippen LogP contribution is -1.92. The number of hydrogen-bond donors (Lipinski definition) is 0. The van der Waals surface area contributed by atoms with E-state index in [0.717, 1.165) is 0 Å². The third-order valence-electron chi connectivity index (χ3n) is 2.23. The van der Waals surface area contributed by atoms with Crippen molar-refractivity contribution in [1.82, 2.24) is 0 Å². The highest BCUT2D eigenvalue weighted by molar-refractivity contribution is 6.10. The summed E-state index contributed by atoms with van der Waals surface area (Å²) in [5.74, 6) is 0. The Morgan fingerprint density at radius 2 is 1.40 bits per heavy atom. The molecule has 0 saturated heterocycles. The normalized spacial score (nSPS) is 18.0. The average Bonchev–Trinajstić information content (AvgIpc) is 2.05. The van der Waals surface area contributed by atoms with E-state index in [1.54, 1.807) is 11.1 Å². The van der Waals surface area contributed by atoms with Gasteiger partial charge in [-0.2, -0.15) is 0 Å². The lowest BCUT2D eigenvalue weighted by molar-refractivity contribution is 0.904. The second-order valence-electron chi connectivity index (χ2n) is 2.86. The molecule has 0 saturated carbocycles. The van der Waals surface area contributed by atoms with E-state index in [1.165, 1.54) is 25.5 Å². The molecule has 2 heteroatoms. The van der Waals surface area contributed by atoms with Crippen LogP contribution in [0.1, 0.15) is 12.8 Å². The first-order chi connectivity index (χ1) is 4.86. The highest BCUT2D eigenvalue weighted by atomic mass is 14.0. The molecule has 52 valence electrons. The summed E-state index contributed by atoms with van der Waals surface area (Å²) in [6, 6.07) is 0. The summed E-state index contributed by atoms with van der Waals surface area (Å²) >= 11 is 0. The lowest BCUT2D eigenvalue weighted by Gasteiger charge is -2.11. The van der Waals surface area contributed by atoms with Gasteiger partial charge >= 0.3 is 0 Å². The lowest BCUT2D eigenvalue weighted by atomic mass is 9.84. The van der Waals surface area contributed by atoms with Crippen molar-refractivity contribution in [2.75, 3.05) is 0 Å². The predicted octanol–water partition coefficient (Wildman–Crippen LogP) is 0.736. The second kappa shape index (κ2) is 3.70. The largest absolute Gasteiger partial charge is 0.106 e. The summed E-state index contributed by atoms with van der Waals surface area (Å²) < 4.78 is 0. The molecule has 0 aromatic heterocycles. The Hall–Kier alpha value is -0.390. The number of rotatable bonds is 2. The van der Waals surface area contributed by atoms with E-state index >= 15 is 0 Å². The van der Waals surface area contributed by atoms with E-state index in [1.807, 2.05) is 0 Å². The summed E-state index contributed by atoms with van der Waals surface area (Å²) in [5.41, 5.74) is 3.22. The third-order valence-corrected chi connectivity index (χ3v) is 2.23. The molecular formula is C8H14B2. The summed E-state index contributed by atoms with van der Waals surface area (Å²) in [5, 5.41) is 0. The molecule has 0 unspecified atom stereocenters. The van der Waals surface area contributed by atoms with E-state index in [-0.39, 0.29) is 0 Å². The van der Waals surface area contributed by atoms with Crippen molar-refractivity contribution in [2.24, 2.45) is 0 Å². The van der Waals surface area contributed by atoms with Gasteiger partial charge in [0.2, 0.25) is 0 Å². The summed E-state index contributed by atoms with van der Waals surface area (Å²) in [7, 11) is 4.47. The molecule has 0 radical (unpaired) electrons. The SMILES string of the molecule is BCC1=CC=C(CB)CC1. The van der Waals surface area contributed by atoms with Crippen molar-refractivity contribution in [3.63, 3.8) is 0 Å². The van der Waals surface area contributed by atoms with Crippen LogP contribution in [0.25, 0.3) is 0 Å². The summed E-state index contributed by atoms with van der Waals surface area (Å²) in [6.07, 6.45) is 9.65. The number of hydrogen-bond acceptors (Lipinski definition) is 0. The maximum Gasteiger partial charge on any atom is 0.106 e. The highest BCUT2D eigenvalue weighted by Crippen LogP contribution is 2.21. The van der Waals surface area contributed by atoms with Crippen molar-refractivity contribution in [3.05, 3.63) is 23.3 Å². The summed E-state index contributed by atoms with van der Waals surface area (Å²) in [4.78, 5) is 0. The molecule has 1 rings (SSSR count). The van der Waals surface area contributed by atoms with Gasteiger partial charge in [-0.3, -0.25) is 0 Å². The molecule has 0 aromatic rings. The van der Waals surface area contributed by atoms with Gasteiger partial charge < -0.3 is 0 Å². The molecule has 0 spiro atoms. The van der Waals surface area contributed by atoms with Gasteiger partial charge in [0, 0.05) is 0 Å². The fourth-order valence-corrected chi connectivity index (χ4v) is 1.31. The van der Waals surface area contributed by atoms with E-state index in [0.29, 0.717) is 0 Å². The van der Waals surface area contributed by atoms with Crippen molar-refractivity contribution < 1.29 is 0 Å². The Morgan fingerprint density at radius 3 is 1.60 bits per heavy atom. The quantitative estimate of drug-likeness (QED) is 0.486. The van der Waals surface area contributed by atoms with Crippen LogP contribution in [0.3, 0.4) is 0 Å². The van der Waals surface area contributed by atoms with Crippen LogP contribution >= 0.6 is 0 Å². The van der Waals surface area contributed by atoms with Gasteiger partial charge in [-0.15, -0.1) is 0 Å². The highest BCUT2D eigenvalue weighted by Gasteiger charge is 2.01. The zero-order valence-corrected chi connectivity index (χ0v) is 6.98. The first-order valence-electron chi connectivity index (χ1n) is 4.24. The van der Waals surface area contributed by atoms with Crippen LogP contribution in [-0.2, 0) is 0 Å². The Morgan fingerprint density at radius 1 is 1.00 bits per heavy atom. The van der Waals surface area contributed by atoms with Crippen LogP contribution in [0.5, 0.6) is 0 Å². The summed E-state index contributed by atoms with van der Waals surface area (Å²) in [6.45, 7) is 0. The Bertz CT molecular complexity index is 148. The Labute approximate surface area is 65.2 Å². The van der Waals surface area contributed by atoms with Crippen molar-refractivity contribution in [2.45, 2.75) is 25.5 Å². The van der Waals surface area contributed by atoms with Gasteiger partial charge in [0.05, 0.1) is 0 Å². The van der Waals surface area contributed by atoms with Crippen LogP contribution < -0.4 is 0 Å². The predicted molar refractivity (Wildman–Crippen MR) is 52.1 cm³/mol. The van der Waals surface area contributed by atoms with Gasteiger partial charge in [-0.25, -0.2) is 0 Å². The van der Waals surface area contributed by atoms with Crippen molar-refractivity contribution >= 4 is 15.7 Å². The number of allylic oxidation sites excluding steroid dienone is 4. The van der Waals surface area contributed by atoms with Crippen molar-refractivity contribution in [1.29, 1.82) is 0 Å². The molecule has 1 aliphatic rings. The minimum absolute atomic E-state index is 1.23. The zero-order chi connectivity index (χ0) is 7.40. The minimum atomic E-state index is 1.23. The standard InChI is InChI=1S/C8H14B2/c9-5-7-1-2-8(6-10)4-3-7/h1-2H,3-6,9-10H2. The van der Waals surface area contributed by atoms with Gasteiger partial charge in [-0.1, -0.05) is 35.9 Å². The fraction of sp³-hybridized carbons (Fsp3) is 0.500. The molecule has 0 amide bonds. The molecule has 10 heavy (non-hydrogen) atoms. The molecule has 0 heterocycles. The Balaban J connectivity index is 2.55. The molecule has 0 aromatic carbocycles. The first kappa shape index (κ1) is 7.71. The van der Waals surface area contributed by atoms with E-state index < -0.39 is 0 Å². The van der Waals surface area contributed by atoms with Gasteiger partial charge in [-0.05, 0) is 12.8 Å². The maximum atomic E-state index is 2.29. The molecule has 0 nitrogen and oxygen atoms in total. The molecule has 0 bridgehead atoms. The molecular weight excluding hydrogens is 118 g/mol. The molecule has 0 N–H and O–H groups in total. The van der Waals surface area contributed by atoms with Gasteiger partial charge in [0.15, 0.2) is 0 Å². The average molecular weight is 132 g/mol. The molecule has 0 fully saturated rings. The van der Waals surface area contributed by atoms with Crippen molar-refractivity contribution in [3.8, 4) is 0 Å². The fourth-order valence-electron chi connectivity index (χ4n) is 1.31. The van der Waals surface area contributed by atoms with Crippen LogP contribution in [0.4, 0.5) is 0 Å². The van der Waals surface area contributed by atoms with E-state index in [9.17, 15) is 0 Å². The minimum Gasteiger partial charge on any atom is -0.0777 e. The van der Waals surface area contributed by atoms with E-state index in [4.69, 9.17) is 0 Å². The molecule has 0 aliphatic heterocycles. The zero-order valence-electron chi connectivity index (χ0n) is 6.98. The molecule has 1 aliphatic carbocycles. The monoisotopic (exact) mass is 132 g/mol. The molecule has 0 atom stereocenters. The van der Waals surface area contributed by atoms with Gasteiger partial charge in [0.1, 0.15) is 15.7 Å². The Kier molecular flexibility index (Phi) is 2.85. The smallest absolute Gasteiger partial charge is 0.0777 e. The van der Waals surface area contributed by atoms with Crippen LogP contribution in [0, 0.1) is 0 Å². The third kappa shape index (κ3) is 1.79. The second-order valence-corrected chi connectivity index (χ2v) is 2.86. The van der Waals surface area contributed by atoms with Crippen LogP contribution in [0.2, 0.25) is 12.6 Å².